The monoisotopic (exact) mass is 249 g/mol. The Morgan fingerprint density at radius 2 is 1.82 bits per heavy atom. The average Bonchev–Trinajstić information content (AvgIpc) is 2.69. The van der Waals surface area contributed by atoms with Crippen molar-refractivity contribution in [1.82, 2.24) is 5.32 Å². The van der Waals surface area contributed by atoms with Crippen LogP contribution in [-0.4, -0.2) is 36.9 Å². The summed E-state index contributed by atoms with van der Waals surface area (Å²) >= 11 is 0. The van der Waals surface area contributed by atoms with Gasteiger partial charge in [-0.1, -0.05) is 0 Å². The number of carbonyl (C=O) groups excluding carboxylic acids is 1. The second-order valence-corrected chi connectivity index (χ2v) is 4.74. The fourth-order valence-electron chi connectivity index (χ4n) is 2.30. The molecule has 1 saturated heterocycles. The molecule has 2 aliphatic rings. The summed E-state index contributed by atoms with van der Waals surface area (Å²) in [7, 11) is 0. The van der Waals surface area contributed by atoms with Gasteiger partial charge in [0, 0.05) is 25.8 Å². The highest BCUT2D eigenvalue weighted by Gasteiger charge is 2.42. The zero-order chi connectivity index (χ0) is 12.5. The molecule has 1 aliphatic heterocycles. The predicted molar refractivity (Wildman–Crippen MR) is 55.7 cm³/mol. The maximum atomic E-state index is 12.7. The summed E-state index contributed by atoms with van der Waals surface area (Å²) in [5, 5.41) is 2.37. The molecule has 0 atom stereocenters. The number of amides is 1. The Labute approximate surface area is 98.6 Å². The number of hydrogen-bond donors (Lipinski definition) is 1. The van der Waals surface area contributed by atoms with E-state index in [-0.39, 0.29) is 6.04 Å². The topological polar surface area (TPSA) is 47.6 Å². The van der Waals surface area contributed by atoms with Crippen molar-refractivity contribution in [2.24, 2.45) is 0 Å². The van der Waals surface area contributed by atoms with Crippen LogP contribution in [0, 0.1) is 0 Å². The molecule has 2 rings (SSSR count). The molecule has 17 heavy (non-hydrogen) atoms. The van der Waals surface area contributed by atoms with Crippen LogP contribution in [0.2, 0.25) is 0 Å². The number of hydrogen-bond acceptors (Lipinski definition) is 3. The van der Waals surface area contributed by atoms with Crippen LogP contribution >= 0.6 is 0 Å². The van der Waals surface area contributed by atoms with Gasteiger partial charge in [0.25, 0.3) is 5.91 Å². The minimum atomic E-state index is -3.31. The molecule has 0 bridgehead atoms. The summed E-state index contributed by atoms with van der Waals surface area (Å²) < 4.78 is 36.4. The van der Waals surface area contributed by atoms with Crippen LogP contribution in [0.3, 0.4) is 0 Å². The van der Waals surface area contributed by atoms with Gasteiger partial charge in [0.2, 0.25) is 0 Å². The molecule has 1 amide bonds. The first-order chi connectivity index (χ1) is 7.91. The third kappa shape index (κ3) is 2.93. The van der Waals surface area contributed by atoms with Gasteiger partial charge in [-0.05, 0) is 12.8 Å². The van der Waals surface area contributed by atoms with Gasteiger partial charge in [-0.3, -0.25) is 4.79 Å². The van der Waals surface area contributed by atoms with Gasteiger partial charge in [0.15, 0.2) is 5.79 Å². The van der Waals surface area contributed by atoms with E-state index in [1.54, 1.807) is 0 Å². The zero-order valence-electron chi connectivity index (χ0n) is 9.80. The molecule has 4 nitrogen and oxygen atoms in total. The molecule has 1 spiro atoms. The number of rotatable bonds is 2. The van der Waals surface area contributed by atoms with Crippen molar-refractivity contribution < 1.29 is 23.0 Å². The highest BCUT2D eigenvalue weighted by Crippen LogP contribution is 2.35. The Hall–Kier alpha value is -0.750. The fraction of sp³-hybridized carbons (Fsp3) is 0.909. The summed E-state index contributed by atoms with van der Waals surface area (Å²) in [5.41, 5.74) is 0. The van der Waals surface area contributed by atoms with Crippen molar-refractivity contribution in [3.63, 3.8) is 0 Å². The molecule has 0 aromatic rings. The van der Waals surface area contributed by atoms with Crippen LogP contribution in [0.15, 0.2) is 0 Å². The van der Waals surface area contributed by atoms with E-state index in [9.17, 15) is 13.6 Å². The third-order valence-electron chi connectivity index (χ3n) is 3.29. The van der Waals surface area contributed by atoms with E-state index < -0.39 is 17.6 Å². The van der Waals surface area contributed by atoms with Gasteiger partial charge < -0.3 is 14.8 Å². The van der Waals surface area contributed by atoms with Gasteiger partial charge in [-0.15, -0.1) is 0 Å². The molecule has 2 fully saturated rings. The van der Waals surface area contributed by atoms with Crippen molar-refractivity contribution in [2.75, 3.05) is 13.2 Å². The minimum Gasteiger partial charge on any atom is -0.348 e. The van der Waals surface area contributed by atoms with Crippen molar-refractivity contribution in [2.45, 2.75) is 50.4 Å². The van der Waals surface area contributed by atoms with Crippen molar-refractivity contribution in [3.05, 3.63) is 0 Å². The first kappa shape index (κ1) is 12.7. The Kier molecular flexibility index (Phi) is 3.36. The van der Waals surface area contributed by atoms with E-state index in [0.29, 0.717) is 45.8 Å². The largest absolute Gasteiger partial charge is 0.348 e. The summed E-state index contributed by atoms with van der Waals surface area (Å²) in [6.07, 6.45) is 2.52. The molecule has 98 valence electrons. The van der Waals surface area contributed by atoms with Crippen LogP contribution < -0.4 is 5.32 Å². The van der Waals surface area contributed by atoms with E-state index in [4.69, 9.17) is 9.47 Å². The highest BCUT2D eigenvalue weighted by atomic mass is 19.3. The zero-order valence-corrected chi connectivity index (χ0v) is 9.80. The number of nitrogens with one attached hydrogen (secondary N) is 1. The summed E-state index contributed by atoms with van der Waals surface area (Å²) in [6.45, 7) is 1.78. The first-order valence-corrected chi connectivity index (χ1v) is 5.88. The SMILES string of the molecule is CC(F)(F)C(=O)NC1CCC2(CC1)OCCO2. The first-order valence-electron chi connectivity index (χ1n) is 5.88. The van der Waals surface area contributed by atoms with Gasteiger partial charge in [0.1, 0.15) is 0 Å². The Morgan fingerprint density at radius 1 is 1.29 bits per heavy atom. The van der Waals surface area contributed by atoms with Gasteiger partial charge >= 0.3 is 5.92 Å². The lowest BCUT2D eigenvalue weighted by molar-refractivity contribution is -0.180. The number of alkyl halides is 2. The number of ether oxygens (including phenoxy) is 2. The van der Waals surface area contributed by atoms with E-state index in [1.165, 1.54) is 0 Å². The molecule has 1 saturated carbocycles. The third-order valence-corrected chi connectivity index (χ3v) is 3.29. The second kappa shape index (κ2) is 4.49. The molecule has 1 aliphatic carbocycles. The molecule has 0 aromatic carbocycles. The van der Waals surface area contributed by atoms with Crippen molar-refractivity contribution in [3.8, 4) is 0 Å². The molecule has 0 radical (unpaired) electrons. The maximum absolute atomic E-state index is 12.7. The van der Waals surface area contributed by atoms with Gasteiger partial charge in [-0.2, -0.15) is 8.78 Å². The molecule has 0 unspecified atom stereocenters. The lowest BCUT2D eigenvalue weighted by Gasteiger charge is -2.35. The highest BCUT2D eigenvalue weighted by molar-refractivity contribution is 5.83. The van der Waals surface area contributed by atoms with E-state index >= 15 is 0 Å². The molecule has 1 heterocycles. The summed E-state index contributed by atoms with van der Waals surface area (Å²) in [6, 6.07) is -0.202. The van der Waals surface area contributed by atoms with Gasteiger partial charge in [-0.25, -0.2) is 0 Å². The summed E-state index contributed by atoms with van der Waals surface area (Å²) in [5.74, 6) is -5.03. The maximum Gasteiger partial charge on any atom is 0.321 e. The van der Waals surface area contributed by atoms with Crippen molar-refractivity contribution >= 4 is 5.91 Å². The normalized spacial score (nSPS) is 25.1. The molecule has 6 heteroatoms. The van der Waals surface area contributed by atoms with Crippen LogP contribution in [-0.2, 0) is 14.3 Å². The number of halogens is 2. The van der Waals surface area contributed by atoms with Gasteiger partial charge in [0.05, 0.1) is 13.2 Å². The van der Waals surface area contributed by atoms with E-state index in [1.807, 2.05) is 0 Å². The van der Waals surface area contributed by atoms with Crippen LogP contribution in [0.25, 0.3) is 0 Å². The quantitative estimate of drug-likeness (QED) is 0.805. The van der Waals surface area contributed by atoms with Crippen LogP contribution in [0.1, 0.15) is 32.6 Å². The summed E-state index contributed by atoms with van der Waals surface area (Å²) in [4.78, 5) is 11.1. The van der Waals surface area contributed by atoms with Crippen LogP contribution in [0.4, 0.5) is 8.78 Å². The Morgan fingerprint density at radius 3 is 2.29 bits per heavy atom. The van der Waals surface area contributed by atoms with E-state index in [2.05, 4.69) is 5.32 Å². The Bertz CT molecular complexity index is 288. The molecule has 1 N–H and O–H groups in total. The fourth-order valence-corrected chi connectivity index (χ4v) is 2.30. The molecular formula is C11H17F2NO3. The standard InChI is InChI=1S/C11H17F2NO3/c1-10(12,13)9(15)14-8-2-4-11(5-3-8)16-6-7-17-11/h8H,2-7H2,1H3,(H,14,15). The number of carbonyl (C=O) groups is 1. The second-order valence-electron chi connectivity index (χ2n) is 4.74. The van der Waals surface area contributed by atoms with Crippen LogP contribution in [0.5, 0.6) is 0 Å². The average molecular weight is 249 g/mol. The lowest BCUT2D eigenvalue weighted by Crippen LogP contribution is -2.48. The minimum absolute atomic E-state index is 0.202. The predicted octanol–water partition coefficient (Wildman–Crippen LogP) is 1.44. The van der Waals surface area contributed by atoms with Crippen molar-refractivity contribution in [1.29, 1.82) is 0 Å². The molecular weight excluding hydrogens is 232 g/mol. The van der Waals surface area contributed by atoms with E-state index in [0.717, 1.165) is 0 Å². The molecule has 0 aromatic heterocycles. The Balaban J connectivity index is 1.81. The lowest BCUT2D eigenvalue weighted by atomic mass is 9.90. The smallest absolute Gasteiger partial charge is 0.321 e.